The minimum Gasteiger partial charge on any atom is -0.351 e. The van der Waals surface area contributed by atoms with E-state index >= 15 is 0 Å². The quantitative estimate of drug-likeness (QED) is 0.612. The lowest BCUT2D eigenvalue weighted by Gasteiger charge is -2.11. The predicted octanol–water partition coefficient (Wildman–Crippen LogP) is 0.869. The first-order chi connectivity index (χ1) is 9.65. The van der Waals surface area contributed by atoms with Crippen LogP contribution < -0.4 is 5.32 Å². The van der Waals surface area contributed by atoms with E-state index in [0.717, 1.165) is 16.4 Å². The van der Waals surface area contributed by atoms with Gasteiger partial charge in [0.05, 0.1) is 10.7 Å². The lowest BCUT2D eigenvalue weighted by molar-refractivity contribution is -0.385. The normalized spacial score (nSPS) is 11.4. The molecule has 1 aromatic carbocycles. The topological polar surface area (TPSA) is 110 Å². The maximum Gasteiger partial charge on any atom is 0.282 e. The van der Waals surface area contributed by atoms with E-state index in [9.17, 15) is 23.3 Å². The Balaban J connectivity index is 2.82. The molecule has 0 radical (unpaired) electrons. The first-order valence-electron chi connectivity index (χ1n) is 5.77. The van der Waals surface area contributed by atoms with E-state index in [2.05, 4.69) is 5.32 Å². The van der Waals surface area contributed by atoms with Crippen molar-refractivity contribution in [2.75, 3.05) is 26.4 Å². The number of nitrogens with one attached hydrogen (secondary N) is 1. The minimum absolute atomic E-state index is 0.164. The van der Waals surface area contributed by atoms with Crippen molar-refractivity contribution in [2.24, 2.45) is 0 Å². The number of hydrogen-bond donors (Lipinski definition) is 1. The van der Waals surface area contributed by atoms with Crippen LogP contribution in [0, 0.1) is 10.1 Å². The molecule has 0 bridgehead atoms. The Morgan fingerprint density at radius 2 is 2.05 bits per heavy atom. The van der Waals surface area contributed by atoms with Crippen LogP contribution in [0.2, 0.25) is 5.02 Å². The Hall–Kier alpha value is -1.71. The zero-order chi connectivity index (χ0) is 16.2. The van der Waals surface area contributed by atoms with E-state index < -0.39 is 26.5 Å². The van der Waals surface area contributed by atoms with Crippen LogP contribution in [-0.2, 0) is 10.0 Å². The molecule has 0 saturated heterocycles. The van der Waals surface area contributed by atoms with Gasteiger partial charge in [-0.2, -0.15) is 0 Å². The Morgan fingerprint density at radius 3 is 2.57 bits per heavy atom. The highest BCUT2D eigenvalue weighted by Gasteiger charge is 2.21. The van der Waals surface area contributed by atoms with Gasteiger partial charge in [-0.15, -0.1) is 0 Å². The van der Waals surface area contributed by atoms with Gasteiger partial charge in [0.25, 0.3) is 11.6 Å². The molecule has 0 unspecified atom stereocenters. The summed E-state index contributed by atoms with van der Waals surface area (Å²) in [7, 11) is -0.704. The molecule has 0 aromatic heterocycles. The van der Waals surface area contributed by atoms with Gasteiger partial charge in [-0.3, -0.25) is 14.9 Å². The van der Waals surface area contributed by atoms with Crippen LogP contribution in [0.4, 0.5) is 5.69 Å². The summed E-state index contributed by atoms with van der Waals surface area (Å²) in [6.07, 6.45) is 0. The number of carbonyl (C=O) groups excluding carboxylic acids is 1. The second kappa shape index (κ2) is 6.83. The highest BCUT2D eigenvalue weighted by Crippen LogP contribution is 2.22. The van der Waals surface area contributed by atoms with Crippen molar-refractivity contribution < 1.29 is 18.1 Å². The number of sulfonamides is 1. The second-order valence-corrected chi connectivity index (χ2v) is 7.01. The highest BCUT2D eigenvalue weighted by molar-refractivity contribution is 7.89. The summed E-state index contributed by atoms with van der Waals surface area (Å²) < 4.78 is 24.1. The van der Waals surface area contributed by atoms with E-state index in [4.69, 9.17) is 11.6 Å². The summed E-state index contributed by atoms with van der Waals surface area (Å²) in [4.78, 5) is 22.0. The van der Waals surface area contributed by atoms with Crippen molar-refractivity contribution in [1.82, 2.24) is 9.62 Å². The van der Waals surface area contributed by atoms with Crippen molar-refractivity contribution in [3.05, 3.63) is 38.9 Å². The standard InChI is InChI=1S/C11H14ClN3O5S/c1-14(2)21(19,20)6-5-13-11(16)9-7-8(12)3-4-10(9)15(17)18/h3-4,7H,5-6H2,1-2H3,(H,13,16). The van der Waals surface area contributed by atoms with Crippen LogP contribution in [0.3, 0.4) is 0 Å². The number of hydrogen-bond acceptors (Lipinski definition) is 5. The van der Waals surface area contributed by atoms with E-state index in [1.807, 2.05) is 0 Å². The molecular formula is C11H14ClN3O5S. The summed E-state index contributed by atoms with van der Waals surface area (Å²) >= 11 is 5.71. The van der Waals surface area contributed by atoms with Crippen molar-refractivity contribution in [2.45, 2.75) is 0 Å². The Morgan fingerprint density at radius 1 is 1.43 bits per heavy atom. The Kier molecular flexibility index (Phi) is 5.64. The van der Waals surface area contributed by atoms with Gasteiger partial charge < -0.3 is 5.32 Å². The maximum absolute atomic E-state index is 11.9. The number of nitro benzene ring substituents is 1. The maximum atomic E-state index is 11.9. The monoisotopic (exact) mass is 335 g/mol. The molecule has 0 atom stereocenters. The molecule has 0 heterocycles. The Labute approximate surface area is 126 Å². The van der Waals surface area contributed by atoms with Crippen molar-refractivity contribution in [3.63, 3.8) is 0 Å². The average Bonchev–Trinajstić information content (AvgIpc) is 2.37. The lowest BCUT2D eigenvalue weighted by Crippen LogP contribution is -2.34. The number of benzene rings is 1. The first-order valence-corrected chi connectivity index (χ1v) is 7.76. The molecule has 21 heavy (non-hydrogen) atoms. The molecule has 1 rings (SSSR count). The molecule has 0 aliphatic heterocycles. The average molecular weight is 336 g/mol. The fourth-order valence-electron chi connectivity index (χ4n) is 1.42. The molecule has 10 heteroatoms. The van der Waals surface area contributed by atoms with Crippen LogP contribution >= 0.6 is 11.6 Å². The summed E-state index contributed by atoms with van der Waals surface area (Å²) in [5, 5.41) is 13.3. The van der Waals surface area contributed by atoms with Crippen LogP contribution in [0.5, 0.6) is 0 Å². The number of carbonyl (C=O) groups is 1. The van der Waals surface area contributed by atoms with E-state index in [1.54, 1.807) is 0 Å². The molecule has 1 amide bonds. The highest BCUT2D eigenvalue weighted by atomic mass is 35.5. The molecule has 1 aromatic rings. The zero-order valence-corrected chi connectivity index (χ0v) is 12.9. The van der Waals surface area contributed by atoms with E-state index in [1.165, 1.54) is 20.2 Å². The van der Waals surface area contributed by atoms with E-state index in [0.29, 0.717) is 0 Å². The van der Waals surface area contributed by atoms with Gasteiger partial charge in [0.1, 0.15) is 5.56 Å². The van der Waals surface area contributed by atoms with Crippen molar-refractivity contribution in [3.8, 4) is 0 Å². The molecule has 0 saturated carbocycles. The second-order valence-electron chi connectivity index (χ2n) is 4.27. The van der Waals surface area contributed by atoms with Crippen molar-refractivity contribution >= 4 is 33.2 Å². The third-order valence-corrected chi connectivity index (χ3v) is 4.67. The third kappa shape index (κ3) is 4.66. The van der Waals surface area contributed by atoms with Gasteiger partial charge in [-0.1, -0.05) is 11.6 Å². The minimum atomic E-state index is -3.45. The third-order valence-electron chi connectivity index (χ3n) is 2.60. The number of nitro groups is 1. The van der Waals surface area contributed by atoms with Gasteiger partial charge in [-0.25, -0.2) is 12.7 Å². The van der Waals surface area contributed by atoms with Gasteiger partial charge in [0.15, 0.2) is 0 Å². The van der Waals surface area contributed by atoms with Gasteiger partial charge in [0.2, 0.25) is 10.0 Å². The smallest absolute Gasteiger partial charge is 0.282 e. The molecular weight excluding hydrogens is 322 g/mol. The van der Waals surface area contributed by atoms with Crippen LogP contribution in [0.25, 0.3) is 0 Å². The summed E-state index contributed by atoms with van der Waals surface area (Å²) in [6.45, 7) is -0.164. The van der Waals surface area contributed by atoms with Gasteiger partial charge in [-0.05, 0) is 12.1 Å². The molecule has 0 aliphatic rings. The number of halogens is 1. The predicted molar refractivity (Wildman–Crippen MR) is 77.9 cm³/mol. The molecule has 0 spiro atoms. The fraction of sp³-hybridized carbons (Fsp3) is 0.364. The first kappa shape index (κ1) is 17.3. The summed E-state index contributed by atoms with van der Waals surface area (Å²) in [5.41, 5.74) is -0.609. The molecule has 0 fully saturated rings. The molecule has 8 nitrogen and oxygen atoms in total. The SMILES string of the molecule is CN(C)S(=O)(=O)CCNC(=O)c1cc(Cl)ccc1[N+](=O)[O-]. The van der Waals surface area contributed by atoms with E-state index in [-0.39, 0.29) is 22.9 Å². The van der Waals surface area contributed by atoms with Crippen LogP contribution in [-0.4, -0.2) is 49.9 Å². The van der Waals surface area contributed by atoms with Gasteiger partial charge >= 0.3 is 0 Å². The van der Waals surface area contributed by atoms with Crippen LogP contribution in [0.1, 0.15) is 10.4 Å². The summed E-state index contributed by atoms with van der Waals surface area (Å²) in [5.74, 6) is -1.06. The largest absolute Gasteiger partial charge is 0.351 e. The zero-order valence-electron chi connectivity index (χ0n) is 11.4. The van der Waals surface area contributed by atoms with Gasteiger partial charge in [0, 0.05) is 31.7 Å². The summed E-state index contributed by atoms with van der Waals surface area (Å²) in [6, 6.07) is 3.58. The molecule has 1 N–H and O–H groups in total. The lowest BCUT2D eigenvalue weighted by atomic mass is 10.1. The number of rotatable bonds is 6. The number of nitrogens with zero attached hydrogens (tertiary/aromatic N) is 2. The molecule has 0 aliphatic carbocycles. The number of amides is 1. The van der Waals surface area contributed by atoms with Crippen LogP contribution in [0.15, 0.2) is 18.2 Å². The van der Waals surface area contributed by atoms with Crippen molar-refractivity contribution in [1.29, 1.82) is 0 Å². The Bertz CT molecular complexity index is 660. The molecule has 116 valence electrons. The fourth-order valence-corrected chi connectivity index (χ4v) is 2.32.